The summed E-state index contributed by atoms with van der Waals surface area (Å²) in [5.74, 6) is -0.0206. The van der Waals surface area contributed by atoms with Gasteiger partial charge in [0.05, 0.1) is 23.7 Å². The van der Waals surface area contributed by atoms with E-state index in [4.69, 9.17) is 6.58 Å². The lowest BCUT2D eigenvalue weighted by atomic mass is 9.77. The number of fused-ring (bicyclic) bond motifs is 2. The number of likely N-dealkylation sites (tertiary alicyclic amines) is 2. The molecule has 3 fully saturated rings. The van der Waals surface area contributed by atoms with Gasteiger partial charge in [0.1, 0.15) is 5.82 Å². The van der Waals surface area contributed by atoms with Crippen molar-refractivity contribution in [2.24, 2.45) is 5.92 Å². The first kappa shape index (κ1) is 29.4. The average Bonchev–Trinajstić information content (AvgIpc) is 3.69. The number of amides is 2. The quantitative estimate of drug-likeness (QED) is 0.323. The maximum atomic E-state index is 14.2. The highest BCUT2D eigenvalue weighted by atomic mass is 19.1. The van der Waals surface area contributed by atoms with Gasteiger partial charge in [-0.25, -0.2) is 4.39 Å². The third kappa shape index (κ3) is 5.13. The number of hydrogen-bond acceptors (Lipinski definition) is 4. The summed E-state index contributed by atoms with van der Waals surface area (Å²) in [6.45, 7) is 10.1. The summed E-state index contributed by atoms with van der Waals surface area (Å²) in [5.41, 5.74) is 2.96. The lowest BCUT2D eigenvalue weighted by molar-refractivity contribution is -0.123. The highest BCUT2D eigenvalue weighted by molar-refractivity contribution is 5.95. The van der Waals surface area contributed by atoms with Crippen LogP contribution in [0.3, 0.4) is 0 Å². The molecule has 2 saturated heterocycles. The molecule has 5 atom stereocenters. The Morgan fingerprint density at radius 3 is 2.56 bits per heavy atom. The van der Waals surface area contributed by atoms with Gasteiger partial charge in [0.15, 0.2) is 0 Å². The first-order chi connectivity index (χ1) is 20.7. The Balaban J connectivity index is 1.41. The van der Waals surface area contributed by atoms with E-state index in [9.17, 15) is 14.0 Å². The number of rotatable bonds is 8. The lowest BCUT2D eigenvalue weighted by Gasteiger charge is -2.46. The minimum atomic E-state index is -0.475. The Hall–Kier alpha value is -3.65. The van der Waals surface area contributed by atoms with Gasteiger partial charge in [0.25, 0.3) is 5.91 Å². The molecular formula is C35H44FN5O2. The Morgan fingerprint density at radius 1 is 1.09 bits per heavy atom. The predicted octanol–water partition coefficient (Wildman–Crippen LogP) is 5.57. The number of likely N-dealkylation sites (N-methyl/N-ethyl adjacent to an activating group) is 1. The Morgan fingerprint density at radius 2 is 1.84 bits per heavy atom. The van der Waals surface area contributed by atoms with Crippen molar-refractivity contribution >= 4 is 22.7 Å². The third-order valence-electron chi connectivity index (χ3n) is 10.6. The zero-order valence-electron chi connectivity index (χ0n) is 25.5. The summed E-state index contributed by atoms with van der Waals surface area (Å²) in [6.07, 6.45) is 8.44. The number of carbonyl (C=O) groups is 2. The molecule has 43 heavy (non-hydrogen) atoms. The van der Waals surface area contributed by atoms with E-state index < -0.39 is 5.54 Å². The smallest absolute Gasteiger partial charge is 0.254 e. The molecule has 3 aromatic rings. The highest BCUT2D eigenvalue weighted by Gasteiger charge is 2.60. The van der Waals surface area contributed by atoms with Crippen LogP contribution in [0.25, 0.3) is 10.9 Å². The van der Waals surface area contributed by atoms with Crippen LogP contribution in [0, 0.1) is 11.7 Å². The molecule has 3 N–H and O–H groups in total. The minimum Gasteiger partial charge on any atom is -0.365 e. The van der Waals surface area contributed by atoms with E-state index >= 15 is 0 Å². The minimum absolute atomic E-state index is 0.0253. The van der Waals surface area contributed by atoms with Crippen LogP contribution >= 0.6 is 0 Å². The fraction of sp³-hybridized carbons (Fsp3) is 0.486. The van der Waals surface area contributed by atoms with Crippen molar-refractivity contribution in [1.82, 2.24) is 25.4 Å². The van der Waals surface area contributed by atoms with Crippen molar-refractivity contribution in [3.63, 3.8) is 0 Å². The Labute approximate surface area is 253 Å². The lowest BCUT2D eigenvalue weighted by Crippen LogP contribution is -2.56. The molecule has 2 aromatic carbocycles. The number of nitrogens with one attached hydrogen (secondary N) is 3. The van der Waals surface area contributed by atoms with Crippen molar-refractivity contribution in [3.05, 3.63) is 83.9 Å². The zero-order valence-corrected chi connectivity index (χ0v) is 25.5. The molecule has 7 nitrogen and oxygen atoms in total. The number of H-pyrrole nitrogens is 1. The number of nitrogens with zero attached hydrogens (tertiary/aromatic N) is 2. The van der Waals surface area contributed by atoms with E-state index in [1.165, 1.54) is 18.6 Å². The highest BCUT2D eigenvalue weighted by Crippen LogP contribution is 2.53. The standard InChI is InChI=1S/C35H44FN5O2/c1-22(37-4)33(42)39-32(24-11-7-5-8-12-24)23(2)41-18-17-31-35(41,3)29(21-40(31)34(43)25-13-9-6-10-14-25)28-20-38-30-19-26(36)15-16-27(28)30/h6,9-10,13-16,19-20,22,24,29,31-32,37-38H,2,5,7-8,11-12,17-18,21H2,1,3-4H3,(H,39,42)/t22-,29+,31+,32?,35+/m0/s1. The van der Waals surface area contributed by atoms with Crippen molar-refractivity contribution in [2.45, 2.75) is 82.0 Å². The molecule has 0 radical (unpaired) electrons. The molecule has 6 rings (SSSR count). The molecule has 1 aliphatic carbocycles. The number of aromatic nitrogens is 1. The van der Waals surface area contributed by atoms with Crippen LogP contribution in [0.5, 0.6) is 0 Å². The predicted molar refractivity (Wildman–Crippen MR) is 168 cm³/mol. The molecule has 228 valence electrons. The van der Waals surface area contributed by atoms with Crippen LogP contribution < -0.4 is 10.6 Å². The van der Waals surface area contributed by atoms with Crippen LogP contribution in [0.1, 0.15) is 74.2 Å². The Bertz CT molecular complexity index is 1500. The molecule has 0 spiro atoms. The number of halogens is 1. The molecular weight excluding hydrogens is 541 g/mol. The number of carbonyl (C=O) groups excluding carboxylic acids is 2. The molecule has 1 aromatic heterocycles. The van der Waals surface area contributed by atoms with Gasteiger partial charge in [-0.3, -0.25) is 9.59 Å². The normalized spacial score (nSPS) is 25.5. The SMILES string of the molecule is C=C(C(NC(=O)[C@H](C)NC)C1CCCCC1)N1CC[C@H]2N(C(=O)c3ccccc3)C[C@H](c3c[nH]c4cc(F)ccc34)[C@]21C. The largest absolute Gasteiger partial charge is 0.365 e. The second-order valence-corrected chi connectivity index (χ2v) is 12.9. The fourth-order valence-electron chi connectivity index (χ4n) is 8.13. The number of hydrogen-bond donors (Lipinski definition) is 3. The first-order valence-corrected chi connectivity index (χ1v) is 15.8. The number of aromatic amines is 1. The molecule has 2 amide bonds. The molecule has 2 aliphatic heterocycles. The summed E-state index contributed by atoms with van der Waals surface area (Å²) in [7, 11) is 1.80. The molecule has 8 heteroatoms. The van der Waals surface area contributed by atoms with E-state index in [1.54, 1.807) is 7.05 Å². The molecule has 3 aliphatic rings. The second kappa shape index (κ2) is 11.8. The van der Waals surface area contributed by atoms with Crippen molar-refractivity contribution in [2.75, 3.05) is 20.1 Å². The van der Waals surface area contributed by atoms with Crippen LogP contribution in [0.4, 0.5) is 4.39 Å². The zero-order chi connectivity index (χ0) is 30.3. The van der Waals surface area contributed by atoms with E-state index in [2.05, 4.69) is 27.4 Å². The van der Waals surface area contributed by atoms with Gasteiger partial charge in [-0.15, -0.1) is 0 Å². The van der Waals surface area contributed by atoms with Gasteiger partial charge in [0.2, 0.25) is 5.91 Å². The molecule has 3 heterocycles. The van der Waals surface area contributed by atoms with Crippen molar-refractivity contribution in [3.8, 4) is 0 Å². The van der Waals surface area contributed by atoms with Gasteiger partial charge in [-0.1, -0.05) is 44.0 Å². The van der Waals surface area contributed by atoms with Crippen LogP contribution in [-0.4, -0.2) is 70.4 Å². The topological polar surface area (TPSA) is 80.5 Å². The van der Waals surface area contributed by atoms with Crippen LogP contribution in [0.15, 0.2) is 67.0 Å². The van der Waals surface area contributed by atoms with Gasteiger partial charge in [-0.2, -0.15) is 0 Å². The molecule has 1 unspecified atom stereocenters. The summed E-state index contributed by atoms with van der Waals surface area (Å²) in [4.78, 5) is 35.0. The third-order valence-corrected chi connectivity index (χ3v) is 10.6. The fourth-order valence-corrected chi connectivity index (χ4v) is 8.13. The van der Waals surface area contributed by atoms with E-state index in [0.29, 0.717) is 18.0 Å². The maximum absolute atomic E-state index is 14.2. The van der Waals surface area contributed by atoms with Gasteiger partial charge in [0, 0.05) is 47.4 Å². The second-order valence-electron chi connectivity index (χ2n) is 12.9. The summed E-state index contributed by atoms with van der Waals surface area (Å²) in [5, 5.41) is 7.43. The van der Waals surface area contributed by atoms with Crippen LogP contribution in [0.2, 0.25) is 0 Å². The maximum Gasteiger partial charge on any atom is 0.254 e. The van der Waals surface area contributed by atoms with Gasteiger partial charge < -0.3 is 25.4 Å². The molecule has 1 saturated carbocycles. The molecule has 0 bridgehead atoms. The monoisotopic (exact) mass is 585 g/mol. The van der Waals surface area contributed by atoms with E-state index in [-0.39, 0.29) is 41.7 Å². The van der Waals surface area contributed by atoms with E-state index in [0.717, 1.165) is 60.8 Å². The average molecular weight is 586 g/mol. The van der Waals surface area contributed by atoms with Crippen molar-refractivity contribution in [1.29, 1.82) is 0 Å². The van der Waals surface area contributed by atoms with Gasteiger partial charge >= 0.3 is 0 Å². The van der Waals surface area contributed by atoms with Crippen LogP contribution in [-0.2, 0) is 4.79 Å². The van der Waals surface area contributed by atoms with Gasteiger partial charge in [-0.05, 0) is 82.0 Å². The number of benzene rings is 2. The van der Waals surface area contributed by atoms with E-state index in [1.807, 2.05) is 54.4 Å². The Kier molecular flexibility index (Phi) is 8.07. The summed E-state index contributed by atoms with van der Waals surface area (Å²) >= 11 is 0. The summed E-state index contributed by atoms with van der Waals surface area (Å²) < 4.78 is 14.2. The summed E-state index contributed by atoms with van der Waals surface area (Å²) in [6, 6.07) is 13.8. The first-order valence-electron chi connectivity index (χ1n) is 15.8. The van der Waals surface area contributed by atoms with Crippen molar-refractivity contribution < 1.29 is 14.0 Å².